The highest BCUT2D eigenvalue weighted by atomic mass is 32.1. The summed E-state index contributed by atoms with van der Waals surface area (Å²) in [6.07, 6.45) is 1.44. The molecule has 10 heteroatoms. The zero-order valence-electron chi connectivity index (χ0n) is 18.3. The maximum Gasteiger partial charge on any atom is 0.343 e. The average molecular weight is 475 g/mol. The van der Waals surface area contributed by atoms with Crippen LogP contribution < -0.4 is 5.32 Å². The van der Waals surface area contributed by atoms with Crippen LogP contribution in [0, 0.1) is 12.7 Å². The highest BCUT2D eigenvalue weighted by Gasteiger charge is 2.19. The van der Waals surface area contributed by atoms with Gasteiger partial charge < -0.3 is 10.1 Å². The van der Waals surface area contributed by atoms with Crippen molar-refractivity contribution in [2.75, 3.05) is 11.9 Å². The summed E-state index contributed by atoms with van der Waals surface area (Å²) in [6.45, 7) is 3.93. The number of fused-ring (bicyclic) bond motifs is 1. The van der Waals surface area contributed by atoms with Crippen molar-refractivity contribution in [2.24, 2.45) is 0 Å². The van der Waals surface area contributed by atoms with Crippen molar-refractivity contribution >= 4 is 34.0 Å². The predicted octanol–water partition coefficient (Wildman–Crippen LogP) is 5.28. The van der Waals surface area contributed by atoms with Gasteiger partial charge in [-0.15, -0.1) is 16.4 Å². The van der Waals surface area contributed by atoms with Gasteiger partial charge in [0.15, 0.2) is 11.6 Å². The van der Waals surface area contributed by atoms with E-state index in [9.17, 15) is 9.18 Å². The van der Waals surface area contributed by atoms with Gasteiger partial charge in [-0.1, -0.05) is 23.8 Å². The molecule has 0 aliphatic carbocycles. The number of ether oxygens (including phenoxy) is 1. The van der Waals surface area contributed by atoms with Crippen LogP contribution in [-0.2, 0) is 4.74 Å². The number of aryl methyl sites for hydroxylation is 1. The third-order valence-corrected chi connectivity index (χ3v) is 5.83. The Morgan fingerprint density at radius 1 is 1.15 bits per heavy atom. The first-order valence-corrected chi connectivity index (χ1v) is 11.4. The maximum atomic E-state index is 13.3. The van der Waals surface area contributed by atoms with Crippen molar-refractivity contribution in [3.8, 4) is 22.6 Å². The molecule has 3 heterocycles. The van der Waals surface area contributed by atoms with Crippen LogP contribution in [0.15, 0.2) is 60.1 Å². The topological polar surface area (TPSA) is 94.3 Å². The number of anilines is 2. The Morgan fingerprint density at radius 3 is 2.74 bits per heavy atom. The van der Waals surface area contributed by atoms with E-state index < -0.39 is 5.97 Å². The minimum atomic E-state index is -0.547. The summed E-state index contributed by atoms with van der Waals surface area (Å²) >= 11 is 1.40. The van der Waals surface area contributed by atoms with Gasteiger partial charge in [-0.25, -0.2) is 23.7 Å². The van der Waals surface area contributed by atoms with Gasteiger partial charge >= 0.3 is 5.97 Å². The standard InChI is InChI=1S/C24H19FN6O2S/c1-3-33-22(32)18-12-26-20(16-6-4-5-14(2)11-16)27-21(18)28-23-29-24-31(30-23)19(13-34-24)15-7-9-17(25)10-8-15/h4-13H,3H2,1-2H3,(H,26,27,28,30). The van der Waals surface area contributed by atoms with E-state index in [1.165, 1.54) is 29.7 Å². The van der Waals surface area contributed by atoms with E-state index in [0.717, 1.165) is 22.4 Å². The smallest absolute Gasteiger partial charge is 0.343 e. The van der Waals surface area contributed by atoms with Crippen LogP contribution in [0.4, 0.5) is 16.2 Å². The lowest BCUT2D eigenvalue weighted by atomic mass is 10.1. The lowest BCUT2D eigenvalue weighted by Gasteiger charge is -2.10. The number of halogens is 1. The number of nitrogens with one attached hydrogen (secondary N) is 1. The molecule has 5 aromatic rings. The van der Waals surface area contributed by atoms with E-state index in [2.05, 4.69) is 25.4 Å². The molecule has 0 bridgehead atoms. The number of hydrogen-bond donors (Lipinski definition) is 1. The van der Waals surface area contributed by atoms with Crippen LogP contribution in [0.3, 0.4) is 0 Å². The number of carbonyl (C=O) groups excluding carboxylic acids is 1. The van der Waals surface area contributed by atoms with Crippen LogP contribution in [-0.4, -0.2) is 37.1 Å². The number of esters is 1. The van der Waals surface area contributed by atoms with Crippen molar-refractivity contribution in [1.29, 1.82) is 0 Å². The van der Waals surface area contributed by atoms with Crippen molar-refractivity contribution in [3.05, 3.63) is 77.1 Å². The molecule has 0 aliphatic heterocycles. The Labute approximate surface area is 198 Å². The lowest BCUT2D eigenvalue weighted by molar-refractivity contribution is 0.0526. The van der Waals surface area contributed by atoms with Crippen molar-refractivity contribution in [3.63, 3.8) is 0 Å². The molecule has 8 nitrogen and oxygen atoms in total. The second-order valence-corrected chi connectivity index (χ2v) is 8.27. The van der Waals surface area contributed by atoms with Gasteiger partial charge in [-0.05, 0) is 44.2 Å². The molecule has 34 heavy (non-hydrogen) atoms. The molecule has 2 aromatic carbocycles. The number of carbonyl (C=O) groups is 1. The van der Waals surface area contributed by atoms with Crippen molar-refractivity contribution in [2.45, 2.75) is 13.8 Å². The molecule has 3 aromatic heterocycles. The van der Waals surface area contributed by atoms with E-state index >= 15 is 0 Å². The predicted molar refractivity (Wildman–Crippen MR) is 128 cm³/mol. The molecule has 0 saturated carbocycles. The molecule has 0 saturated heterocycles. The average Bonchev–Trinajstić information content (AvgIpc) is 3.40. The Morgan fingerprint density at radius 2 is 1.97 bits per heavy atom. The SMILES string of the molecule is CCOC(=O)c1cnc(-c2cccc(C)c2)nc1Nc1nc2scc(-c3ccc(F)cc3)n2n1. The highest BCUT2D eigenvalue weighted by Crippen LogP contribution is 2.28. The Kier molecular flexibility index (Phi) is 5.72. The molecule has 5 rings (SSSR count). The summed E-state index contributed by atoms with van der Waals surface area (Å²) in [4.78, 5) is 26.6. The second kappa shape index (κ2) is 8.99. The fraction of sp³-hybridized carbons (Fsp3) is 0.125. The summed E-state index contributed by atoms with van der Waals surface area (Å²) in [6, 6.07) is 13.9. The van der Waals surface area contributed by atoms with Gasteiger partial charge in [0.1, 0.15) is 11.4 Å². The molecule has 0 fully saturated rings. The van der Waals surface area contributed by atoms with Gasteiger partial charge in [-0.2, -0.15) is 4.98 Å². The third kappa shape index (κ3) is 4.23. The molecule has 0 spiro atoms. The minimum absolute atomic E-state index is 0.176. The van der Waals surface area contributed by atoms with Crippen LogP contribution in [0.25, 0.3) is 27.6 Å². The number of nitrogens with zero attached hydrogens (tertiary/aromatic N) is 5. The molecule has 1 N–H and O–H groups in total. The van der Waals surface area contributed by atoms with E-state index in [1.54, 1.807) is 23.6 Å². The Bertz CT molecular complexity index is 1500. The van der Waals surface area contributed by atoms with E-state index in [-0.39, 0.29) is 29.8 Å². The number of benzene rings is 2. The molecular formula is C24H19FN6O2S. The number of aromatic nitrogens is 5. The van der Waals surface area contributed by atoms with Crippen molar-refractivity contribution in [1.82, 2.24) is 24.6 Å². The van der Waals surface area contributed by atoms with Gasteiger partial charge in [-0.3, -0.25) is 0 Å². The normalized spacial score (nSPS) is 11.0. The summed E-state index contributed by atoms with van der Waals surface area (Å²) in [5.41, 5.74) is 3.63. The zero-order chi connectivity index (χ0) is 23.7. The van der Waals surface area contributed by atoms with Gasteiger partial charge in [0.25, 0.3) is 0 Å². The summed E-state index contributed by atoms with van der Waals surface area (Å²) < 4.78 is 20.2. The Balaban J connectivity index is 1.54. The molecule has 0 atom stereocenters. The third-order valence-electron chi connectivity index (χ3n) is 5.01. The van der Waals surface area contributed by atoms with E-state index in [4.69, 9.17) is 4.74 Å². The fourth-order valence-electron chi connectivity index (χ4n) is 3.42. The van der Waals surface area contributed by atoms with Gasteiger partial charge in [0.2, 0.25) is 10.9 Å². The lowest BCUT2D eigenvalue weighted by Crippen LogP contribution is -2.11. The largest absolute Gasteiger partial charge is 0.462 e. The minimum Gasteiger partial charge on any atom is -0.462 e. The summed E-state index contributed by atoms with van der Waals surface area (Å²) in [5.74, 6) is 0.0955. The second-order valence-electron chi connectivity index (χ2n) is 7.43. The zero-order valence-corrected chi connectivity index (χ0v) is 19.1. The summed E-state index contributed by atoms with van der Waals surface area (Å²) in [7, 11) is 0. The fourth-order valence-corrected chi connectivity index (χ4v) is 4.25. The Hall–Kier alpha value is -4.18. The molecular weight excluding hydrogens is 455 g/mol. The molecule has 0 amide bonds. The molecule has 0 unspecified atom stereocenters. The molecule has 0 radical (unpaired) electrons. The van der Waals surface area contributed by atoms with Crippen LogP contribution in [0.5, 0.6) is 0 Å². The number of hydrogen-bond acceptors (Lipinski definition) is 8. The number of thiazole rings is 1. The van der Waals surface area contributed by atoms with Crippen LogP contribution >= 0.6 is 11.3 Å². The van der Waals surface area contributed by atoms with E-state index in [0.29, 0.717) is 10.8 Å². The van der Waals surface area contributed by atoms with E-state index in [1.807, 2.05) is 36.6 Å². The summed E-state index contributed by atoms with van der Waals surface area (Å²) in [5, 5.41) is 9.48. The first-order chi connectivity index (χ1) is 16.5. The number of rotatable bonds is 6. The molecule has 0 aliphatic rings. The van der Waals surface area contributed by atoms with Gasteiger partial charge in [0, 0.05) is 22.7 Å². The monoisotopic (exact) mass is 474 g/mol. The quantitative estimate of drug-likeness (QED) is 0.335. The van der Waals surface area contributed by atoms with Crippen LogP contribution in [0.2, 0.25) is 0 Å². The molecule has 170 valence electrons. The first-order valence-electron chi connectivity index (χ1n) is 10.5. The highest BCUT2D eigenvalue weighted by molar-refractivity contribution is 7.15. The van der Waals surface area contributed by atoms with Gasteiger partial charge in [0.05, 0.1) is 12.3 Å². The first kappa shape index (κ1) is 21.7. The van der Waals surface area contributed by atoms with Crippen LogP contribution in [0.1, 0.15) is 22.8 Å². The maximum absolute atomic E-state index is 13.3. The van der Waals surface area contributed by atoms with Crippen molar-refractivity contribution < 1.29 is 13.9 Å².